The van der Waals surface area contributed by atoms with E-state index in [4.69, 9.17) is 14.2 Å². The molecule has 0 aliphatic carbocycles. The Morgan fingerprint density at radius 3 is 2.70 bits per heavy atom. The van der Waals surface area contributed by atoms with Crippen molar-refractivity contribution in [2.75, 3.05) is 6.79 Å². The van der Waals surface area contributed by atoms with Gasteiger partial charge in [-0.05, 0) is 19.1 Å². The normalized spacial score (nSPS) is 24.8. The first-order valence-corrected chi connectivity index (χ1v) is 7.56. The number of carbonyl (C=O) groups is 1. The van der Waals surface area contributed by atoms with E-state index in [0.29, 0.717) is 17.9 Å². The fourth-order valence-electron chi connectivity index (χ4n) is 2.15. The Morgan fingerprint density at radius 1 is 1.25 bits per heavy atom. The van der Waals surface area contributed by atoms with E-state index in [1.807, 2.05) is 0 Å². The van der Waals surface area contributed by atoms with E-state index in [1.54, 1.807) is 6.92 Å². The molecule has 1 saturated heterocycles. The summed E-state index contributed by atoms with van der Waals surface area (Å²) in [6.45, 7) is 1.78. The molecule has 7 nitrogen and oxygen atoms in total. The Balaban J connectivity index is 1.83. The number of fused-ring (bicyclic) bond motifs is 1. The SMILES string of the molecule is C[C@@H]1C[C@@H](NS(=O)(=O)c2ccc3c(c2)OCO3)C(=O)O1. The predicted molar refractivity (Wildman–Crippen MR) is 66.8 cm³/mol. The molecule has 0 saturated carbocycles. The van der Waals surface area contributed by atoms with Gasteiger partial charge in [-0.1, -0.05) is 0 Å². The molecule has 0 bridgehead atoms. The van der Waals surface area contributed by atoms with Crippen molar-refractivity contribution in [2.45, 2.75) is 30.4 Å². The van der Waals surface area contributed by atoms with Gasteiger partial charge in [0.1, 0.15) is 12.1 Å². The van der Waals surface area contributed by atoms with Gasteiger partial charge in [0.25, 0.3) is 0 Å². The molecule has 8 heteroatoms. The molecule has 2 heterocycles. The Morgan fingerprint density at radius 2 is 2.00 bits per heavy atom. The minimum absolute atomic E-state index is 0.0223. The molecule has 0 spiro atoms. The zero-order valence-electron chi connectivity index (χ0n) is 10.7. The third kappa shape index (κ3) is 2.32. The Bertz CT molecular complexity index is 656. The van der Waals surface area contributed by atoms with Crippen LogP contribution in [-0.2, 0) is 19.6 Å². The number of sulfonamides is 1. The second-order valence-corrected chi connectivity index (χ2v) is 6.39. The number of hydrogen-bond donors (Lipinski definition) is 1. The zero-order valence-corrected chi connectivity index (χ0v) is 11.5. The van der Waals surface area contributed by atoms with Crippen molar-refractivity contribution in [3.8, 4) is 11.5 Å². The quantitative estimate of drug-likeness (QED) is 0.812. The van der Waals surface area contributed by atoms with Crippen LogP contribution in [0.15, 0.2) is 23.1 Å². The number of cyclic esters (lactones) is 1. The van der Waals surface area contributed by atoms with Crippen LogP contribution in [0.4, 0.5) is 0 Å². The highest BCUT2D eigenvalue weighted by Crippen LogP contribution is 2.34. The fraction of sp³-hybridized carbons (Fsp3) is 0.417. The summed E-state index contributed by atoms with van der Waals surface area (Å²) in [5, 5.41) is 0. The topological polar surface area (TPSA) is 90.9 Å². The van der Waals surface area contributed by atoms with Crippen molar-refractivity contribution in [1.82, 2.24) is 4.72 Å². The lowest BCUT2D eigenvalue weighted by atomic mass is 10.2. The maximum Gasteiger partial charge on any atom is 0.324 e. The minimum Gasteiger partial charge on any atom is -0.461 e. The number of esters is 1. The first-order valence-electron chi connectivity index (χ1n) is 6.08. The number of hydrogen-bond acceptors (Lipinski definition) is 6. The smallest absolute Gasteiger partial charge is 0.324 e. The zero-order chi connectivity index (χ0) is 14.3. The van der Waals surface area contributed by atoms with Gasteiger partial charge in [-0.2, -0.15) is 4.72 Å². The van der Waals surface area contributed by atoms with Crippen molar-refractivity contribution in [2.24, 2.45) is 0 Å². The molecule has 2 aliphatic rings. The summed E-state index contributed by atoms with van der Waals surface area (Å²) in [5.41, 5.74) is 0. The number of ether oxygens (including phenoxy) is 3. The Kier molecular flexibility index (Phi) is 3.06. The summed E-state index contributed by atoms with van der Waals surface area (Å²) < 4.78 is 42.0. The molecule has 1 aromatic rings. The molecule has 1 fully saturated rings. The molecule has 108 valence electrons. The van der Waals surface area contributed by atoms with Gasteiger partial charge in [-0.3, -0.25) is 4.79 Å². The van der Waals surface area contributed by atoms with Crippen LogP contribution in [0.3, 0.4) is 0 Å². The maximum absolute atomic E-state index is 12.2. The van der Waals surface area contributed by atoms with Crippen LogP contribution in [0.2, 0.25) is 0 Å². The summed E-state index contributed by atoms with van der Waals surface area (Å²) in [6.07, 6.45) is 0.0368. The largest absolute Gasteiger partial charge is 0.461 e. The van der Waals surface area contributed by atoms with Gasteiger partial charge in [0, 0.05) is 12.5 Å². The van der Waals surface area contributed by atoms with E-state index in [1.165, 1.54) is 18.2 Å². The molecule has 0 unspecified atom stereocenters. The average Bonchev–Trinajstić information content (AvgIpc) is 2.95. The second kappa shape index (κ2) is 4.64. The molecule has 0 aromatic heterocycles. The van der Waals surface area contributed by atoms with Gasteiger partial charge in [-0.15, -0.1) is 0 Å². The second-order valence-electron chi connectivity index (χ2n) is 4.67. The molecule has 2 aliphatic heterocycles. The first kappa shape index (κ1) is 13.2. The molecular weight excluding hydrogens is 286 g/mol. The lowest BCUT2D eigenvalue weighted by Gasteiger charge is -2.10. The number of nitrogens with one attached hydrogen (secondary N) is 1. The predicted octanol–water partition coefficient (Wildman–Crippen LogP) is 0.398. The highest BCUT2D eigenvalue weighted by atomic mass is 32.2. The third-order valence-corrected chi connectivity index (χ3v) is 4.59. The lowest BCUT2D eigenvalue weighted by molar-refractivity contribution is -0.142. The molecule has 1 aromatic carbocycles. The highest BCUT2D eigenvalue weighted by molar-refractivity contribution is 7.89. The molecule has 1 N–H and O–H groups in total. The van der Waals surface area contributed by atoms with Crippen molar-refractivity contribution >= 4 is 16.0 Å². The van der Waals surface area contributed by atoms with E-state index in [9.17, 15) is 13.2 Å². The number of benzene rings is 1. The van der Waals surface area contributed by atoms with Crippen LogP contribution in [-0.4, -0.2) is 33.3 Å². The van der Waals surface area contributed by atoms with Crippen LogP contribution in [0, 0.1) is 0 Å². The van der Waals surface area contributed by atoms with Crippen molar-refractivity contribution in [3.05, 3.63) is 18.2 Å². The molecule has 2 atom stereocenters. The Labute approximate surface area is 115 Å². The van der Waals surface area contributed by atoms with Crippen molar-refractivity contribution in [3.63, 3.8) is 0 Å². The van der Waals surface area contributed by atoms with E-state index in [2.05, 4.69) is 4.72 Å². The third-order valence-electron chi connectivity index (χ3n) is 3.12. The van der Waals surface area contributed by atoms with E-state index in [-0.39, 0.29) is 17.8 Å². The van der Waals surface area contributed by atoms with Gasteiger partial charge < -0.3 is 14.2 Å². The summed E-state index contributed by atoms with van der Waals surface area (Å²) >= 11 is 0. The summed E-state index contributed by atoms with van der Waals surface area (Å²) in [4.78, 5) is 11.5. The molecule has 20 heavy (non-hydrogen) atoms. The van der Waals surface area contributed by atoms with Crippen LogP contribution in [0.25, 0.3) is 0 Å². The Hall–Kier alpha value is -1.80. The molecule has 3 rings (SSSR count). The summed E-state index contributed by atoms with van der Waals surface area (Å²) in [7, 11) is -3.81. The monoisotopic (exact) mass is 299 g/mol. The van der Waals surface area contributed by atoms with Gasteiger partial charge in [0.2, 0.25) is 16.8 Å². The van der Waals surface area contributed by atoms with Crippen molar-refractivity contribution < 1.29 is 27.4 Å². The average molecular weight is 299 g/mol. The van der Waals surface area contributed by atoms with Gasteiger partial charge in [0.15, 0.2) is 11.5 Å². The van der Waals surface area contributed by atoms with Gasteiger partial charge in [0.05, 0.1) is 4.90 Å². The van der Waals surface area contributed by atoms with Crippen LogP contribution in [0.5, 0.6) is 11.5 Å². The fourth-order valence-corrected chi connectivity index (χ4v) is 3.36. The molecule has 0 amide bonds. The van der Waals surface area contributed by atoms with E-state index >= 15 is 0 Å². The van der Waals surface area contributed by atoms with Gasteiger partial charge >= 0.3 is 5.97 Å². The van der Waals surface area contributed by atoms with Crippen molar-refractivity contribution in [1.29, 1.82) is 0 Å². The maximum atomic E-state index is 12.2. The summed E-state index contributed by atoms with van der Waals surface area (Å²) in [6, 6.07) is 3.45. The van der Waals surface area contributed by atoms with E-state index in [0.717, 1.165) is 0 Å². The van der Waals surface area contributed by atoms with Crippen LogP contribution >= 0.6 is 0 Å². The highest BCUT2D eigenvalue weighted by Gasteiger charge is 2.35. The first-order chi connectivity index (χ1) is 9.45. The van der Waals surface area contributed by atoms with Gasteiger partial charge in [-0.25, -0.2) is 8.42 Å². The van der Waals surface area contributed by atoms with Crippen LogP contribution < -0.4 is 14.2 Å². The minimum atomic E-state index is -3.81. The lowest BCUT2D eigenvalue weighted by Crippen LogP contribution is -2.37. The standard InChI is InChI=1S/C12H13NO6S/c1-7-4-9(12(14)19-7)13-20(15,16)8-2-3-10-11(5-8)18-6-17-10/h2-3,5,7,9,13H,4,6H2,1H3/t7-,9-/m1/s1. The number of rotatable bonds is 3. The molecule has 0 radical (unpaired) electrons. The van der Waals surface area contributed by atoms with E-state index < -0.39 is 22.0 Å². The number of carbonyl (C=O) groups excluding carboxylic acids is 1. The summed E-state index contributed by atoms with van der Waals surface area (Å²) in [5.74, 6) is 0.315. The molecular formula is C12H13NO6S. The van der Waals surface area contributed by atoms with Crippen LogP contribution in [0.1, 0.15) is 13.3 Å².